The highest BCUT2D eigenvalue weighted by molar-refractivity contribution is 6.39. The number of anilines is 1. The van der Waals surface area contributed by atoms with Gasteiger partial charge < -0.3 is 10.1 Å². The molecule has 0 unspecified atom stereocenters. The smallest absolute Gasteiger partial charge is 0.335 e. The van der Waals surface area contributed by atoms with E-state index in [4.69, 9.17) is 23.2 Å². The van der Waals surface area contributed by atoms with Gasteiger partial charge in [0.25, 0.3) is 5.91 Å². The van der Waals surface area contributed by atoms with Crippen molar-refractivity contribution in [3.8, 4) is 0 Å². The molecule has 1 amide bonds. The van der Waals surface area contributed by atoms with Crippen molar-refractivity contribution in [2.45, 2.75) is 12.0 Å². The van der Waals surface area contributed by atoms with Crippen molar-refractivity contribution >= 4 is 34.8 Å². The van der Waals surface area contributed by atoms with Gasteiger partial charge in [0, 0.05) is 7.11 Å². The Kier molecular flexibility index (Phi) is 4.65. The lowest BCUT2D eigenvalue weighted by Gasteiger charge is -2.25. The average molecular weight is 320 g/mol. The van der Waals surface area contributed by atoms with Crippen molar-refractivity contribution in [1.82, 2.24) is 0 Å². The zero-order chi connectivity index (χ0) is 14.8. The second-order valence-corrected chi connectivity index (χ2v) is 4.16. The molecule has 0 spiro atoms. The predicted molar refractivity (Wildman–Crippen MR) is 62.0 cm³/mol. The normalized spacial score (nSPS) is 14.9. The zero-order valence-electron chi connectivity index (χ0n) is 9.32. The standard InChI is InChI=1S/C10H7Cl2F4NO2/c1-19-9(13,10(14,15)16)8(18)17-7-5(11)3-2-4-6(7)12/h2-4H,1H3,(H,17,18)/t9-/m0/s1. The van der Waals surface area contributed by atoms with E-state index in [1.165, 1.54) is 18.2 Å². The van der Waals surface area contributed by atoms with Crippen LogP contribution in [-0.2, 0) is 9.53 Å². The van der Waals surface area contributed by atoms with Gasteiger partial charge in [-0.2, -0.15) is 17.6 Å². The fraction of sp³-hybridized carbons (Fsp3) is 0.300. The summed E-state index contributed by atoms with van der Waals surface area (Å²) >= 11 is 11.3. The lowest BCUT2D eigenvalue weighted by atomic mass is 10.2. The van der Waals surface area contributed by atoms with Crippen molar-refractivity contribution < 1.29 is 27.1 Å². The first-order valence-electron chi connectivity index (χ1n) is 4.69. The van der Waals surface area contributed by atoms with E-state index >= 15 is 0 Å². The quantitative estimate of drug-likeness (QED) is 0.860. The maximum Gasteiger partial charge on any atom is 0.458 e. The molecule has 9 heteroatoms. The fourth-order valence-electron chi connectivity index (χ4n) is 1.15. The number of alkyl halides is 4. The number of amides is 1. The van der Waals surface area contributed by atoms with Crippen LogP contribution < -0.4 is 5.32 Å². The van der Waals surface area contributed by atoms with Crippen LogP contribution in [0.25, 0.3) is 0 Å². The van der Waals surface area contributed by atoms with Gasteiger partial charge in [-0.3, -0.25) is 4.79 Å². The van der Waals surface area contributed by atoms with Crippen molar-refractivity contribution in [1.29, 1.82) is 0 Å². The molecule has 1 atom stereocenters. The maximum absolute atomic E-state index is 13.5. The van der Waals surface area contributed by atoms with E-state index in [0.29, 0.717) is 7.11 Å². The molecule has 0 aromatic heterocycles. The molecule has 1 rings (SSSR count). The van der Waals surface area contributed by atoms with Crippen LogP contribution in [0.4, 0.5) is 23.2 Å². The monoisotopic (exact) mass is 319 g/mol. The maximum atomic E-state index is 13.5. The third kappa shape index (κ3) is 3.10. The zero-order valence-corrected chi connectivity index (χ0v) is 10.8. The van der Waals surface area contributed by atoms with Crippen LogP contribution >= 0.6 is 23.2 Å². The molecule has 1 N–H and O–H groups in total. The first-order chi connectivity index (χ1) is 8.63. The number of hydrogen-bond acceptors (Lipinski definition) is 2. The predicted octanol–water partition coefficient (Wildman–Crippen LogP) is 3.81. The summed E-state index contributed by atoms with van der Waals surface area (Å²) < 4.78 is 54.4. The molecular weight excluding hydrogens is 313 g/mol. The summed E-state index contributed by atoms with van der Waals surface area (Å²) in [5.41, 5.74) is -0.334. The Morgan fingerprint density at radius 2 is 1.68 bits per heavy atom. The van der Waals surface area contributed by atoms with E-state index in [1.807, 2.05) is 0 Å². The largest absolute Gasteiger partial charge is 0.458 e. The highest BCUT2D eigenvalue weighted by Crippen LogP contribution is 2.37. The van der Waals surface area contributed by atoms with E-state index < -0.39 is 17.9 Å². The molecule has 0 aliphatic carbocycles. The minimum Gasteiger partial charge on any atom is -0.335 e. The Morgan fingerprint density at radius 1 is 1.21 bits per heavy atom. The van der Waals surface area contributed by atoms with Gasteiger partial charge in [0.05, 0.1) is 15.7 Å². The molecule has 0 bridgehead atoms. The SMILES string of the molecule is CO[C@@](F)(C(=O)Nc1c(Cl)cccc1Cl)C(F)(F)F. The van der Waals surface area contributed by atoms with Gasteiger partial charge in [-0.25, -0.2) is 0 Å². The number of para-hydroxylation sites is 1. The van der Waals surface area contributed by atoms with Crippen LogP contribution in [0, 0.1) is 0 Å². The van der Waals surface area contributed by atoms with Gasteiger partial charge in [-0.1, -0.05) is 29.3 Å². The fourth-order valence-corrected chi connectivity index (χ4v) is 1.64. The number of nitrogens with one attached hydrogen (secondary N) is 1. The van der Waals surface area contributed by atoms with Crippen LogP contribution in [0.15, 0.2) is 18.2 Å². The highest BCUT2D eigenvalue weighted by atomic mass is 35.5. The van der Waals surface area contributed by atoms with Crippen molar-refractivity contribution in [3.63, 3.8) is 0 Å². The van der Waals surface area contributed by atoms with E-state index in [1.54, 1.807) is 5.32 Å². The van der Waals surface area contributed by atoms with Crippen molar-refractivity contribution in [3.05, 3.63) is 28.2 Å². The number of methoxy groups -OCH3 is 1. The van der Waals surface area contributed by atoms with Gasteiger partial charge in [0.1, 0.15) is 0 Å². The minimum absolute atomic E-state index is 0.138. The van der Waals surface area contributed by atoms with Crippen LogP contribution in [0.5, 0.6) is 0 Å². The number of halogens is 6. The van der Waals surface area contributed by atoms with Gasteiger partial charge >= 0.3 is 12.0 Å². The Hall–Kier alpha value is -1.05. The Labute approximate surface area is 115 Å². The molecule has 0 heterocycles. The van der Waals surface area contributed by atoms with Gasteiger partial charge in [0.2, 0.25) is 0 Å². The number of benzene rings is 1. The molecule has 1 aromatic rings. The van der Waals surface area contributed by atoms with E-state index in [2.05, 4.69) is 4.74 Å². The van der Waals surface area contributed by atoms with Gasteiger partial charge in [-0.15, -0.1) is 0 Å². The van der Waals surface area contributed by atoms with Crippen LogP contribution in [0.1, 0.15) is 0 Å². The Morgan fingerprint density at radius 3 is 2.05 bits per heavy atom. The third-order valence-electron chi connectivity index (χ3n) is 2.14. The van der Waals surface area contributed by atoms with E-state index in [-0.39, 0.29) is 15.7 Å². The van der Waals surface area contributed by atoms with Gasteiger partial charge in [-0.05, 0) is 12.1 Å². The summed E-state index contributed by atoms with van der Waals surface area (Å²) in [5.74, 6) is -6.56. The second-order valence-electron chi connectivity index (χ2n) is 3.35. The molecule has 0 aliphatic heterocycles. The average Bonchev–Trinajstić information content (AvgIpc) is 2.31. The van der Waals surface area contributed by atoms with Crippen LogP contribution in [-0.4, -0.2) is 25.0 Å². The van der Waals surface area contributed by atoms with E-state index in [0.717, 1.165) is 0 Å². The second kappa shape index (κ2) is 5.52. The summed E-state index contributed by atoms with van der Waals surface area (Å²) in [5, 5.41) is 1.38. The number of carbonyl (C=O) groups is 1. The molecular formula is C10H7Cl2F4NO2. The van der Waals surface area contributed by atoms with Crippen molar-refractivity contribution in [2.24, 2.45) is 0 Å². The topological polar surface area (TPSA) is 38.3 Å². The highest BCUT2D eigenvalue weighted by Gasteiger charge is 2.63. The Bertz CT molecular complexity index is 475. The third-order valence-corrected chi connectivity index (χ3v) is 2.77. The van der Waals surface area contributed by atoms with Crippen LogP contribution in [0.2, 0.25) is 10.0 Å². The van der Waals surface area contributed by atoms with Gasteiger partial charge in [0.15, 0.2) is 0 Å². The number of hydrogen-bond donors (Lipinski definition) is 1. The Balaban J connectivity index is 3.09. The molecule has 0 aliphatic rings. The molecule has 0 saturated heterocycles. The van der Waals surface area contributed by atoms with Crippen LogP contribution in [0.3, 0.4) is 0 Å². The summed E-state index contributed by atoms with van der Waals surface area (Å²) in [6, 6.07) is 3.94. The molecule has 1 aromatic carbocycles. The number of rotatable bonds is 3. The lowest BCUT2D eigenvalue weighted by Crippen LogP contribution is -2.52. The molecule has 19 heavy (non-hydrogen) atoms. The molecule has 106 valence electrons. The summed E-state index contributed by atoms with van der Waals surface area (Å²) in [4.78, 5) is 11.4. The number of carbonyl (C=O) groups excluding carboxylic acids is 1. The molecule has 0 saturated carbocycles. The molecule has 3 nitrogen and oxygen atoms in total. The summed E-state index contributed by atoms with van der Waals surface area (Å²) in [6.45, 7) is 0. The summed E-state index contributed by atoms with van der Waals surface area (Å²) in [6.07, 6.45) is -5.54. The van der Waals surface area contributed by atoms with E-state index in [9.17, 15) is 22.4 Å². The first kappa shape index (κ1) is 16.0. The lowest BCUT2D eigenvalue weighted by molar-refractivity contribution is -0.305. The van der Waals surface area contributed by atoms with Crippen molar-refractivity contribution in [2.75, 3.05) is 12.4 Å². The minimum atomic E-state index is -5.54. The number of ether oxygens (including phenoxy) is 1. The molecule has 0 fully saturated rings. The first-order valence-corrected chi connectivity index (χ1v) is 5.45. The molecule has 0 radical (unpaired) electrons. The summed E-state index contributed by atoms with van der Waals surface area (Å²) in [7, 11) is 0.418.